The largest absolute Gasteiger partial charge is 0.349 e. The highest BCUT2D eigenvalue weighted by Crippen LogP contribution is 2.15. The Morgan fingerprint density at radius 1 is 1.22 bits per heavy atom. The van der Waals surface area contributed by atoms with Gasteiger partial charge in [0.15, 0.2) is 0 Å². The van der Waals surface area contributed by atoms with Crippen LogP contribution in [0.25, 0.3) is 10.9 Å². The van der Waals surface area contributed by atoms with Gasteiger partial charge in [-0.15, -0.1) is 11.3 Å². The molecular formula is C13H12N4S. The molecule has 1 N–H and O–H groups in total. The number of rotatable bonds is 3. The summed E-state index contributed by atoms with van der Waals surface area (Å²) in [5.41, 5.74) is 3.87. The van der Waals surface area contributed by atoms with E-state index in [1.807, 2.05) is 42.9 Å². The minimum Gasteiger partial charge on any atom is -0.349 e. The number of aryl methyl sites for hydroxylation is 1. The van der Waals surface area contributed by atoms with Crippen LogP contribution in [-0.4, -0.2) is 15.0 Å². The second-order valence-electron chi connectivity index (χ2n) is 3.97. The van der Waals surface area contributed by atoms with Gasteiger partial charge in [-0.3, -0.25) is 0 Å². The molecule has 0 unspecified atom stereocenters. The third-order valence-electron chi connectivity index (χ3n) is 2.74. The fourth-order valence-corrected chi connectivity index (χ4v) is 2.43. The Balaban J connectivity index is 1.81. The molecule has 5 heteroatoms. The van der Waals surface area contributed by atoms with Crippen molar-refractivity contribution in [2.45, 2.75) is 13.5 Å². The summed E-state index contributed by atoms with van der Waals surface area (Å²) in [6.07, 6.45) is 1.84. The first kappa shape index (κ1) is 11.1. The van der Waals surface area contributed by atoms with E-state index in [1.54, 1.807) is 11.3 Å². The smallest absolute Gasteiger partial charge is 0.223 e. The second kappa shape index (κ2) is 4.70. The number of benzene rings is 1. The van der Waals surface area contributed by atoms with Crippen molar-refractivity contribution in [3.8, 4) is 0 Å². The van der Waals surface area contributed by atoms with Gasteiger partial charge in [0.05, 0.1) is 23.3 Å². The molecular weight excluding hydrogens is 244 g/mol. The molecule has 0 aliphatic heterocycles. The van der Waals surface area contributed by atoms with Gasteiger partial charge in [0.2, 0.25) is 5.95 Å². The number of nitrogens with one attached hydrogen (secondary N) is 1. The summed E-state index contributed by atoms with van der Waals surface area (Å²) in [4.78, 5) is 14.2. The van der Waals surface area contributed by atoms with Crippen molar-refractivity contribution in [3.05, 3.63) is 46.5 Å². The van der Waals surface area contributed by atoms with Crippen molar-refractivity contribution >= 4 is 28.2 Å². The Morgan fingerprint density at radius 3 is 2.94 bits per heavy atom. The van der Waals surface area contributed by atoms with Gasteiger partial charge in [0.25, 0.3) is 0 Å². The quantitative estimate of drug-likeness (QED) is 0.782. The van der Waals surface area contributed by atoms with Gasteiger partial charge in [0, 0.05) is 16.5 Å². The molecule has 0 radical (unpaired) electrons. The highest BCUT2D eigenvalue weighted by atomic mass is 32.1. The minimum atomic E-state index is 0.654. The fraction of sp³-hybridized carbons (Fsp3) is 0.154. The van der Waals surface area contributed by atoms with E-state index in [9.17, 15) is 0 Å². The Kier molecular flexibility index (Phi) is 2.90. The zero-order chi connectivity index (χ0) is 12.4. The predicted molar refractivity (Wildman–Crippen MR) is 73.7 cm³/mol. The SMILES string of the molecule is Cc1ncsc1CNc1ncc2ccccc2n1. The van der Waals surface area contributed by atoms with E-state index in [0.717, 1.165) is 23.1 Å². The van der Waals surface area contributed by atoms with Gasteiger partial charge < -0.3 is 5.32 Å². The lowest BCUT2D eigenvalue weighted by atomic mass is 10.2. The summed E-state index contributed by atoms with van der Waals surface area (Å²) in [6, 6.07) is 7.96. The normalized spacial score (nSPS) is 10.7. The van der Waals surface area contributed by atoms with Gasteiger partial charge in [-0.1, -0.05) is 18.2 Å². The molecule has 0 aliphatic carbocycles. The molecule has 0 atom stereocenters. The van der Waals surface area contributed by atoms with Gasteiger partial charge in [0.1, 0.15) is 0 Å². The maximum Gasteiger partial charge on any atom is 0.223 e. The topological polar surface area (TPSA) is 50.7 Å². The Bertz CT molecular complexity index is 677. The molecule has 3 rings (SSSR count). The first-order valence-electron chi connectivity index (χ1n) is 5.67. The van der Waals surface area contributed by atoms with Crippen LogP contribution in [0, 0.1) is 6.92 Å². The average molecular weight is 256 g/mol. The lowest BCUT2D eigenvalue weighted by Gasteiger charge is -2.04. The molecule has 0 saturated carbocycles. The van der Waals surface area contributed by atoms with Gasteiger partial charge in [-0.05, 0) is 13.0 Å². The van der Waals surface area contributed by atoms with Crippen LogP contribution in [0.1, 0.15) is 10.6 Å². The molecule has 2 heterocycles. The Morgan fingerprint density at radius 2 is 2.11 bits per heavy atom. The van der Waals surface area contributed by atoms with Gasteiger partial charge in [-0.2, -0.15) is 0 Å². The van der Waals surface area contributed by atoms with Crippen molar-refractivity contribution in [3.63, 3.8) is 0 Å². The third-order valence-corrected chi connectivity index (χ3v) is 3.68. The third kappa shape index (κ3) is 2.17. The molecule has 0 spiro atoms. The van der Waals surface area contributed by atoms with Crippen LogP contribution < -0.4 is 5.32 Å². The standard InChI is InChI=1S/C13H12N4S/c1-9-12(18-8-16-9)7-15-13-14-6-10-4-2-3-5-11(10)17-13/h2-6,8H,7H2,1H3,(H,14,15,17). The van der Waals surface area contributed by atoms with Crippen LogP contribution >= 0.6 is 11.3 Å². The lowest BCUT2D eigenvalue weighted by molar-refractivity contribution is 1.07. The summed E-state index contributed by atoms with van der Waals surface area (Å²) in [5.74, 6) is 0.654. The van der Waals surface area contributed by atoms with Crippen LogP contribution in [0.15, 0.2) is 36.0 Å². The predicted octanol–water partition coefficient (Wildman–Crippen LogP) is 3.01. The molecule has 0 saturated heterocycles. The van der Waals surface area contributed by atoms with Crippen LogP contribution in [0.4, 0.5) is 5.95 Å². The van der Waals surface area contributed by atoms with E-state index in [2.05, 4.69) is 20.3 Å². The first-order chi connectivity index (χ1) is 8.83. The van der Waals surface area contributed by atoms with E-state index >= 15 is 0 Å². The Labute approximate surface area is 109 Å². The number of nitrogens with zero attached hydrogens (tertiary/aromatic N) is 3. The van der Waals surface area contributed by atoms with E-state index in [1.165, 1.54) is 4.88 Å². The van der Waals surface area contributed by atoms with E-state index in [-0.39, 0.29) is 0 Å². The summed E-state index contributed by atoms with van der Waals surface area (Å²) in [7, 11) is 0. The molecule has 0 bridgehead atoms. The van der Waals surface area contributed by atoms with E-state index < -0.39 is 0 Å². The van der Waals surface area contributed by atoms with Crippen molar-refractivity contribution in [1.82, 2.24) is 15.0 Å². The Hall–Kier alpha value is -2.01. The van der Waals surface area contributed by atoms with Crippen LogP contribution in [0.3, 0.4) is 0 Å². The lowest BCUT2D eigenvalue weighted by Crippen LogP contribution is -2.03. The van der Waals surface area contributed by atoms with Gasteiger partial charge in [-0.25, -0.2) is 15.0 Å². The van der Waals surface area contributed by atoms with Gasteiger partial charge >= 0.3 is 0 Å². The second-order valence-corrected chi connectivity index (χ2v) is 4.91. The van der Waals surface area contributed by atoms with Crippen molar-refractivity contribution in [2.24, 2.45) is 0 Å². The van der Waals surface area contributed by atoms with Crippen LogP contribution in [0.2, 0.25) is 0 Å². The monoisotopic (exact) mass is 256 g/mol. The van der Waals surface area contributed by atoms with E-state index in [0.29, 0.717) is 5.95 Å². The average Bonchev–Trinajstić information content (AvgIpc) is 2.82. The summed E-state index contributed by atoms with van der Waals surface area (Å²) in [5, 5.41) is 4.28. The van der Waals surface area contributed by atoms with Crippen molar-refractivity contribution < 1.29 is 0 Å². The van der Waals surface area contributed by atoms with Crippen LogP contribution in [0.5, 0.6) is 0 Å². The number of anilines is 1. The van der Waals surface area contributed by atoms with Crippen LogP contribution in [-0.2, 0) is 6.54 Å². The molecule has 0 aliphatic rings. The molecule has 0 fully saturated rings. The molecule has 0 amide bonds. The zero-order valence-electron chi connectivity index (χ0n) is 9.92. The molecule has 3 aromatic rings. The highest BCUT2D eigenvalue weighted by Gasteiger charge is 2.03. The first-order valence-corrected chi connectivity index (χ1v) is 6.55. The molecule has 1 aromatic carbocycles. The molecule has 90 valence electrons. The summed E-state index contributed by atoms with van der Waals surface area (Å²) in [6.45, 7) is 2.73. The summed E-state index contributed by atoms with van der Waals surface area (Å²) >= 11 is 1.64. The van der Waals surface area contributed by atoms with Crippen molar-refractivity contribution in [1.29, 1.82) is 0 Å². The highest BCUT2D eigenvalue weighted by molar-refractivity contribution is 7.09. The number of thiazole rings is 1. The van der Waals surface area contributed by atoms with Crippen molar-refractivity contribution in [2.75, 3.05) is 5.32 Å². The molecule has 2 aromatic heterocycles. The number of para-hydroxylation sites is 1. The number of hydrogen-bond donors (Lipinski definition) is 1. The van der Waals surface area contributed by atoms with E-state index in [4.69, 9.17) is 0 Å². The number of hydrogen-bond acceptors (Lipinski definition) is 5. The molecule has 18 heavy (non-hydrogen) atoms. The number of aromatic nitrogens is 3. The maximum absolute atomic E-state index is 4.47. The zero-order valence-corrected chi connectivity index (χ0v) is 10.7. The number of fused-ring (bicyclic) bond motifs is 1. The summed E-state index contributed by atoms with van der Waals surface area (Å²) < 4.78 is 0. The molecule has 4 nitrogen and oxygen atoms in total. The fourth-order valence-electron chi connectivity index (χ4n) is 1.71. The maximum atomic E-state index is 4.47. The minimum absolute atomic E-state index is 0.654.